The van der Waals surface area contributed by atoms with E-state index in [0.717, 1.165) is 45.6 Å². The molecule has 6 heteroatoms. The minimum atomic E-state index is -0.604. The predicted molar refractivity (Wildman–Crippen MR) is 126 cm³/mol. The zero-order chi connectivity index (χ0) is 20.8. The van der Waals surface area contributed by atoms with Crippen LogP contribution in [-0.4, -0.2) is 21.7 Å². The number of benzene rings is 1. The van der Waals surface area contributed by atoms with Gasteiger partial charge in [-0.1, -0.05) is 12.6 Å². The standard InChI is InChI=1S/C24H24N2O2S2/c1-4-28-23(14(3)27)20-13(2)26-24-22(16-7-5-6-8-18(16)30-24)21(20)15-9-10-19-17(11-15)25-12-29-19/h9-12,23,27H,3-8H2,1-2H3/t23-/m1/s1. The van der Waals surface area contributed by atoms with Gasteiger partial charge in [-0.15, -0.1) is 22.7 Å². The maximum absolute atomic E-state index is 10.4. The number of aliphatic hydroxyl groups excluding tert-OH is 1. The number of aromatic nitrogens is 2. The van der Waals surface area contributed by atoms with Crippen molar-refractivity contribution in [1.82, 2.24) is 9.97 Å². The van der Waals surface area contributed by atoms with Gasteiger partial charge in [0.25, 0.3) is 0 Å². The lowest BCUT2D eigenvalue weighted by atomic mass is 9.87. The normalized spacial score (nSPS) is 14.9. The molecule has 0 fully saturated rings. The Labute approximate surface area is 183 Å². The van der Waals surface area contributed by atoms with E-state index in [2.05, 4.69) is 29.8 Å². The Morgan fingerprint density at radius 1 is 1.30 bits per heavy atom. The van der Waals surface area contributed by atoms with E-state index in [-0.39, 0.29) is 5.76 Å². The number of aryl methyl sites for hydroxylation is 3. The molecule has 1 aliphatic carbocycles. The fourth-order valence-corrected chi connectivity index (χ4v) is 6.54. The molecule has 0 amide bonds. The van der Waals surface area contributed by atoms with Crippen LogP contribution in [0.5, 0.6) is 0 Å². The quantitative estimate of drug-likeness (QED) is 0.345. The highest BCUT2D eigenvalue weighted by Crippen LogP contribution is 2.46. The highest BCUT2D eigenvalue weighted by atomic mass is 32.1. The number of pyridine rings is 1. The van der Waals surface area contributed by atoms with Crippen molar-refractivity contribution in [2.24, 2.45) is 0 Å². The van der Waals surface area contributed by atoms with Crippen molar-refractivity contribution >= 4 is 43.1 Å². The van der Waals surface area contributed by atoms with E-state index in [1.807, 2.05) is 30.7 Å². The molecular formula is C24H24N2O2S2. The van der Waals surface area contributed by atoms with Crippen molar-refractivity contribution in [1.29, 1.82) is 0 Å². The second kappa shape index (κ2) is 7.76. The van der Waals surface area contributed by atoms with Gasteiger partial charge in [-0.25, -0.2) is 9.97 Å². The van der Waals surface area contributed by atoms with Gasteiger partial charge in [0.15, 0.2) is 0 Å². The Bertz CT molecular complexity index is 1270. The van der Waals surface area contributed by atoms with Crippen molar-refractivity contribution < 1.29 is 9.84 Å². The van der Waals surface area contributed by atoms with Gasteiger partial charge < -0.3 is 9.84 Å². The zero-order valence-electron chi connectivity index (χ0n) is 17.2. The molecule has 1 aliphatic rings. The molecule has 1 atom stereocenters. The molecule has 4 nitrogen and oxygen atoms in total. The SMILES string of the molecule is C=C(O)[C@@H](OCC)c1c(C)nc2sc3c(c2c1-c1ccc2scnc2c1)CCCC3. The van der Waals surface area contributed by atoms with Crippen LogP contribution in [0.25, 0.3) is 31.6 Å². The lowest BCUT2D eigenvalue weighted by Crippen LogP contribution is -2.12. The Balaban J connectivity index is 1.89. The van der Waals surface area contributed by atoms with Gasteiger partial charge in [0.2, 0.25) is 0 Å². The van der Waals surface area contributed by atoms with Gasteiger partial charge in [-0.05, 0) is 62.8 Å². The second-order valence-electron chi connectivity index (χ2n) is 7.74. The summed E-state index contributed by atoms with van der Waals surface area (Å²) in [5, 5.41) is 11.7. The van der Waals surface area contributed by atoms with E-state index < -0.39 is 6.10 Å². The van der Waals surface area contributed by atoms with Gasteiger partial charge in [0.1, 0.15) is 16.7 Å². The molecule has 0 saturated carbocycles. The van der Waals surface area contributed by atoms with Crippen LogP contribution in [0.2, 0.25) is 0 Å². The molecule has 1 N–H and O–H groups in total. The van der Waals surface area contributed by atoms with Crippen LogP contribution < -0.4 is 0 Å². The number of hydrogen-bond donors (Lipinski definition) is 1. The van der Waals surface area contributed by atoms with E-state index in [0.29, 0.717) is 6.61 Å². The molecule has 154 valence electrons. The number of nitrogens with zero attached hydrogens (tertiary/aromatic N) is 2. The first-order chi connectivity index (χ1) is 14.6. The van der Waals surface area contributed by atoms with Crippen molar-refractivity contribution in [2.75, 3.05) is 6.61 Å². The highest BCUT2D eigenvalue weighted by Gasteiger charge is 2.29. The van der Waals surface area contributed by atoms with Gasteiger partial charge in [0.05, 0.1) is 15.7 Å². The summed E-state index contributed by atoms with van der Waals surface area (Å²) in [6.45, 7) is 8.24. The number of thiophene rings is 1. The van der Waals surface area contributed by atoms with Crippen molar-refractivity contribution in [3.05, 3.63) is 57.7 Å². The third kappa shape index (κ3) is 3.14. The summed E-state index contributed by atoms with van der Waals surface area (Å²) in [5.41, 5.74) is 8.29. The lowest BCUT2D eigenvalue weighted by Gasteiger charge is -2.23. The van der Waals surface area contributed by atoms with Crippen LogP contribution in [0.1, 0.15) is 47.6 Å². The van der Waals surface area contributed by atoms with Gasteiger partial charge in [-0.2, -0.15) is 0 Å². The minimum absolute atomic E-state index is 0.0150. The second-order valence-corrected chi connectivity index (χ2v) is 9.71. The molecule has 0 radical (unpaired) electrons. The third-order valence-corrected chi connectivity index (χ3v) is 7.84. The number of rotatable bonds is 5. The number of fused-ring (bicyclic) bond motifs is 4. The molecule has 0 spiro atoms. The smallest absolute Gasteiger partial charge is 0.141 e. The molecule has 3 aromatic heterocycles. The Kier molecular flexibility index (Phi) is 5.09. The number of aliphatic hydroxyl groups is 1. The van der Waals surface area contributed by atoms with Crippen LogP contribution in [0, 0.1) is 6.92 Å². The van der Waals surface area contributed by atoms with Crippen molar-refractivity contribution in [3.8, 4) is 11.1 Å². The Morgan fingerprint density at radius 2 is 2.13 bits per heavy atom. The third-order valence-electron chi connectivity index (χ3n) is 5.85. The van der Waals surface area contributed by atoms with Crippen molar-refractivity contribution in [2.45, 2.75) is 45.6 Å². The maximum atomic E-state index is 10.4. The summed E-state index contributed by atoms with van der Waals surface area (Å²) in [5.74, 6) is 0.0150. The van der Waals surface area contributed by atoms with Gasteiger partial charge >= 0.3 is 0 Å². The monoisotopic (exact) mass is 436 g/mol. The topological polar surface area (TPSA) is 55.2 Å². The van der Waals surface area contributed by atoms with E-state index in [1.54, 1.807) is 11.3 Å². The molecular weight excluding hydrogens is 412 g/mol. The summed E-state index contributed by atoms with van der Waals surface area (Å²) in [6, 6.07) is 6.45. The average Bonchev–Trinajstić information content (AvgIpc) is 3.34. The predicted octanol–water partition coefficient (Wildman–Crippen LogP) is 6.91. The van der Waals surface area contributed by atoms with E-state index in [1.165, 1.54) is 33.4 Å². The summed E-state index contributed by atoms with van der Waals surface area (Å²) in [4.78, 5) is 12.0. The van der Waals surface area contributed by atoms with Crippen LogP contribution in [0.15, 0.2) is 36.0 Å². The fraction of sp³-hybridized carbons (Fsp3) is 0.333. The molecule has 3 heterocycles. The molecule has 0 unspecified atom stereocenters. The first kappa shape index (κ1) is 19.7. The Hall–Kier alpha value is -2.28. The zero-order valence-corrected chi connectivity index (χ0v) is 18.8. The van der Waals surface area contributed by atoms with E-state index in [9.17, 15) is 5.11 Å². The fourth-order valence-electron chi connectivity index (χ4n) is 4.56. The average molecular weight is 437 g/mol. The molecule has 0 bridgehead atoms. The molecule has 30 heavy (non-hydrogen) atoms. The molecule has 0 aliphatic heterocycles. The molecule has 1 aromatic carbocycles. The first-order valence-corrected chi connectivity index (χ1v) is 12.1. The minimum Gasteiger partial charge on any atom is -0.510 e. The first-order valence-electron chi connectivity index (χ1n) is 10.4. The highest BCUT2D eigenvalue weighted by molar-refractivity contribution is 7.19. The van der Waals surface area contributed by atoms with Crippen LogP contribution in [-0.2, 0) is 17.6 Å². The number of ether oxygens (including phenoxy) is 1. The summed E-state index contributed by atoms with van der Waals surface area (Å²) >= 11 is 3.47. The van der Waals surface area contributed by atoms with Crippen LogP contribution in [0.4, 0.5) is 0 Å². The largest absolute Gasteiger partial charge is 0.510 e. The van der Waals surface area contributed by atoms with Crippen molar-refractivity contribution in [3.63, 3.8) is 0 Å². The van der Waals surface area contributed by atoms with Crippen LogP contribution in [0.3, 0.4) is 0 Å². The van der Waals surface area contributed by atoms with E-state index in [4.69, 9.17) is 9.72 Å². The summed E-state index contributed by atoms with van der Waals surface area (Å²) in [7, 11) is 0. The van der Waals surface area contributed by atoms with E-state index >= 15 is 0 Å². The molecule has 5 rings (SSSR count). The Morgan fingerprint density at radius 3 is 2.93 bits per heavy atom. The van der Waals surface area contributed by atoms with Crippen LogP contribution >= 0.6 is 22.7 Å². The van der Waals surface area contributed by atoms with Gasteiger partial charge in [-0.3, -0.25) is 0 Å². The molecule has 0 saturated heterocycles. The summed E-state index contributed by atoms with van der Waals surface area (Å²) < 4.78 is 7.14. The van der Waals surface area contributed by atoms with Gasteiger partial charge in [0, 0.05) is 33.7 Å². The number of hydrogen-bond acceptors (Lipinski definition) is 6. The summed E-state index contributed by atoms with van der Waals surface area (Å²) in [6.07, 6.45) is 4.03. The maximum Gasteiger partial charge on any atom is 0.141 e. The lowest BCUT2D eigenvalue weighted by molar-refractivity contribution is 0.0580. The molecule has 4 aromatic rings. The number of thiazole rings is 1.